The maximum absolute atomic E-state index is 12.6. The standard InChI is InChI=1S/C20H19ClN2O3S/c1-4-26-17(24)11-23-16-10-12(2)9-13(3)18(16)27-20(23)22-19(25)14-5-7-15(21)8-6-14/h5-10H,4,11H2,1-3H3. The van der Waals surface area contributed by atoms with Gasteiger partial charge in [0.15, 0.2) is 4.80 Å². The van der Waals surface area contributed by atoms with Gasteiger partial charge < -0.3 is 9.30 Å². The van der Waals surface area contributed by atoms with Crippen molar-refractivity contribution in [2.75, 3.05) is 6.61 Å². The van der Waals surface area contributed by atoms with Crippen LogP contribution in [0, 0.1) is 13.8 Å². The molecule has 0 unspecified atom stereocenters. The quantitative estimate of drug-likeness (QED) is 0.612. The number of benzene rings is 2. The Hall–Kier alpha value is -2.44. The first-order valence-corrected chi connectivity index (χ1v) is 9.69. The molecule has 0 aliphatic rings. The topological polar surface area (TPSA) is 60.7 Å². The maximum atomic E-state index is 12.6. The smallest absolute Gasteiger partial charge is 0.326 e. The minimum atomic E-state index is -0.384. The van der Waals surface area contributed by atoms with Gasteiger partial charge in [-0.05, 0) is 62.2 Å². The van der Waals surface area contributed by atoms with Crippen LogP contribution < -0.4 is 4.80 Å². The first-order valence-electron chi connectivity index (χ1n) is 8.50. The molecular weight excluding hydrogens is 384 g/mol. The summed E-state index contributed by atoms with van der Waals surface area (Å²) in [7, 11) is 0. The molecule has 5 nitrogen and oxygen atoms in total. The lowest BCUT2D eigenvalue weighted by Gasteiger charge is -2.06. The van der Waals surface area contributed by atoms with E-state index in [1.807, 2.05) is 19.9 Å². The molecule has 140 valence electrons. The molecule has 1 aromatic heterocycles. The average Bonchev–Trinajstić information content (AvgIpc) is 2.93. The number of fused-ring (bicyclic) bond motifs is 1. The monoisotopic (exact) mass is 402 g/mol. The van der Waals surface area contributed by atoms with Crippen LogP contribution in [0.15, 0.2) is 41.4 Å². The Morgan fingerprint density at radius 3 is 2.56 bits per heavy atom. The van der Waals surface area contributed by atoms with Crippen LogP contribution in [0.5, 0.6) is 0 Å². The Morgan fingerprint density at radius 2 is 1.89 bits per heavy atom. The van der Waals surface area contributed by atoms with E-state index in [9.17, 15) is 9.59 Å². The number of ether oxygens (including phenoxy) is 1. The number of hydrogen-bond acceptors (Lipinski definition) is 4. The third-order valence-electron chi connectivity index (χ3n) is 4.00. The van der Waals surface area contributed by atoms with Gasteiger partial charge in [-0.1, -0.05) is 29.0 Å². The molecule has 0 aliphatic carbocycles. The van der Waals surface area contributed by atoms with Gasteiger partial charge in [0, 0.05) is 10.6 Å². The predicted octanol–water partition coefficient (Wildman–Crippen LogP) is 4.28. The lowest BCUT2D eigenvalue weighted by Crippen LogP contribution is -2.23. The largest absolute Gasteiger partial charge is 0.465 e. The second-order valence-electron chi connectivity index (χ2n) is 6.13. The molecule has 1 heterocycles. The number of thiazole rings is 1. The molecule has 3 rings (SSSR count). The first kappa shape index (κ1) is 19.3. The van der Waals surface area contributed by atoms with Crippen molar-refractivity contribution in [1.29, 1.82) is 0 Å². The van der Waals surface area contributed by atoms with Crippen molar-refractivity contribution < 1.29 is 14.3 Å². The summed E-state index contributed by atoms with van der Waals surface area (Å²) >= 11 is 7.27. The van der Waals surface area contributed by atoms with Crippen LogP contribution in [0.2, 0.25) is 5.02 Å². The van der Waals surface area contributed by atoms with E-state index in [1.54, 1.807) is 35.8 Å². The highest BCUT2D eigenvalue weighted by molar-refractivity contribution is 7.16. The Labute approximate surface area is 165 Å². The van der Waals surface area contributed by atoms with Crippen molar-refractivity contribution in [3.63, 3.8) is 0 Å². The normalized spacial score (nSPS) is 11.8. The Kier molecular flexibility index (Phi) is 5.77. The number of hydrogen-bond donors (Lipinski definition) is 0. The molecule has 0 radical (unpaired) electrons. The van der Waals surface area contributed by atoms with Crippen molar-refractivity contribution in [3.8, 4) is 0 Å². The van der Waals surface area contributed by atoms with Gasteiger partial charge >= 0.3 is 5.97 Å². The summed E-state index contributed by atoms with van der Waals surface area (Å²) in [6, 6.07) is 10.6. The molecule has 3 aromatic rings. The van der Waals surface area contributed by atoms with Crippen molar-refractivity contribution in [2.45, 2.75) is 27.3 Å². The van der Waals surface area contributed by atoms with E-state index in [2.05, 4.69) is 11.1 Å². The molecule has 0 bridgehead atoms. The van der Waals surface area contributed by atoms with E-state index >= 15 is 0 Å². The number of carbonyl (C=O) groups is 2. The van der Waals surface area contributed by atoms with Crippen LogP contribution in [-0.2, 0) is 16.1 Å². The minimum absolute atomic E-state index is 0.00344. The Balaban J connectivity index is 2.15. The van der Waals surface area contributed by atoms with Crippen molar-refractivity contribution >= 4 is 45.0 Å². The SMILES string of the molecule is CCOC(=O)Cn1c(=NC(=O)c2ccc(Cl)cc2)sc2c(C)cc(C)cc21. The lowest BCUT2D eigenvalue weighted by molar-refractivity contribution is -0.143. The molecule has 0 atom stereocenters. The van der Waals surface area contributed by atoms with Crippen molar-refractivity contribution in [2.24, 2.45) is 4.99 Å². The zero-order valence-corrected chi connectivity index (χ0v) is 16.9. The van der Waals surface area contributed by atoms with Gasteiger partial charge in [0.05, 0.1) is 16.8 Å². The highest BCUT2D eigenvalue weighted by Crippen LogP contribution is 2.23. The average molecular weight is 403 g/mol. The molecule has 7 heteroatoms. The fourth-order valence-electron chi connectivity index (χ4n) is 2.83. The number of rotatable bonds is 4. The third-order valence-corrected chi connectivity index (χ3v) is 5.48. The van der Waals surface area contributed by atoms with Gasteiger partial charge in [-0.3, -0.25) is 9.59 Å². The highest BCUT2D eigenvalue weighted by atomic mass is 35.5. The van der Waals surface area contributed by atoms with Gasteiger partial charge in [0.25, 0.3) is 5.91 Å². The Morgan fingerprint density at radius 1 is 1.19 bits per heavy atom. The van der Waals surface area contributed by atoms with Gasteiger partial charge in [0.1, 0.15) is 6.54 Å². The van der Waals surface area contributed by atoms with Gasteiger partial charge in [-0.15, -0.1) is 0 Å². The second-order valence-corrected chi connectivity index (χ2v) is 7.54. The summed E-state index contributed by atoms with van der Waals surface area (Å²) in [4.78, 5) is 29.4. The second kappa shape index (κ2) is 8.06. The summed E-state index contributed by atoms with van der Waals surface area (Å²) in [5.74, 6) is -0.748. The van der Waals surface area contributed by atoms with E-state index < -0.39 is 0 Å². The molecule has 0 saturated carbocycles. The number of aromatic nitrogens is 1. The number of carbonyl (C=O) groups excluding carboxylic acids is 2. The third kappa shape index (κ3) is 4.28. The van der Waals surface area contributed by atoms with Gasteiger partial charge in [-0.25, -0.2) is 0 Å². The zero-order chi connectivity index (χ0) is 19.6. The van der Waals surface area contributed by atoms with Crippen LogP contribution in [0.4, 0.5) is 0 Å². The van der Waals surface area contributed by atoms with E-state index in [1.165, 1.54) is 11.3 Å². The van der Waals surface area contributed by atoms with E-state index in [-0.39, 0.29) is 18.4 Å². The molecule has 2 aromatic carbocycles. The number of nitrogens with zero attached hydrogens (tertiary/aromatic N) is 2. The summed E-state index contributed by atoms with van der Waals surface area (Å²) in [6.07, 6.45) is 0. The highest BCUT2D eigenvalue weighted by Gasteiger charge is 2.14. The van der Waals surface area contributed by atoms with E-state index in [0.717, 1.165) is 21.3 Å². The molecule has 27 heavy (non-hydrogen) atoms. The van der Waals surface area contributed by atoms with Crippen LogP contribution in [-0.4, -0.2) is 23.1 Å². The maximum Gasteiger partial charge on any atom is 0.326 e. The van der Waals surface area contributed by atoms with Gasteiger partial charge in [-0.2, -0.15) is 4.99 Å². The van der Waals surface area contributed by atoms with E-state index in [4.69, 9.17) is 16.3 Å². The summed E-state index contributed by atoms with van der Waals surface area (Å²) in [6.45, 7) is 6.07. The zero-order valence-electron chi connectivity index (χ0n) is 15.3. The fourth-order valence-corrected chi connectivity index (χ4v) is 4.03. The van der Waals surface area contributed by atoms with Gasteiger partial charge in [0.2, 0.25) is 0 Å². The van der Waals surface area contributed by atoms with E-state index in [0.29, 0.717) is 22.0 Å². The lowest BCUT2D eigenvalue weighted by atomic mass is 10.1. The molecular formula is C20H19ClN2O3S. The summed E-state index contributed by atoms with van der Waals surface area (Å²) in [5.41, 5.74) is 3.46. The molecule has 0 spiro atoms. The fraction of sp³-hybridized carbons (Fsp3) is 0.250. The molecule has 1 amide bonds. The number of esters is 1. The minimum Gasteiger partial charge on any atom is -0.465 e. The summed E-state index contributed by atoms with van der Waals surface area (Å²) in [5, 5.41) is 0.553. The molecule has 0 saturated heterocycles. The number of halogens is 1. The van der Waals surface area contributed by atoms with Crippen molar-refractivity contribution in [3.05, 3.63) is 62.9 Å². The van der Waals surface area contributed by atoms with Crippen LogP contribution >= 0.6 is 22.9 Å². The molecule has 0 fully saturated rings. The first-order chi connectivity index (χ1) is 12.9. The predicted molar refractivity (Wildman–Crippen MR) is 107 cm³/mol. The van der Waals surface area contributed by atoms with Crippen LogP contribution in [0.3, 0.4) is 0 Å². The molecule has 0 aliphatic heterocycles. The molecule has 0 N–H and O–H groups in total. The van der Waals surface area contributed by atoms with Crippen LogP contribution in [0.1, 0.15) is 28.4 Å². The van der Waals surface area contributed by atoms with Crippen LogP contribution in [0.25, 0.3) is 10.2 Å². The Bertz CT molecular complexity index is 1080. The van der Waals surface area contributed by atoms with Crippen molar-refractivity contribution in [1.82, 2.24) is 4.57 Å². The number of aryl methyl sites for hydroxylation is 2. The summed E-state index contributed by atoms with van der Waals surface area (Å²) < 4.78 is 7.82. The number of amides is 1.